The molecular formula is C16H13NO2S2. The third kappa shape index (κ3) is 3.15. The minimum Gasteiger partial charge on any atom is -0.478 e. The number of rotatable bonds is 5. The zero-order valence-corrected chi connectivity index (χ0v) is 12.7. The smallest absolute Gasteiger partial charge is 0.335 e. The van der Waals surface area contributed by atoms with E-state index in [9.17, 15) is 4.79 Å². The fourth-order valence-corrected chi connectivity index (χ4v) is 3.73. The lowest BCUT2D eigenvalue weighted by Crippen LogP contribution is -2.09. The molecule has 3 nitrogen and oxygen atoms in total. The Bertz CT molecular complexity index is 669. The molecule has 0 amide bonds. The summed E-state index contributed by atoms with van der Waals surface area (Å²) in [6.07, 6.45) is 0. The van der Waals surface area contributed by atoms with Crippen molar-refractivity contribution in [3.8, 4) is 0 Å². The first-order valence-corrected chi connectivity index (χ1v) is 8.16. The van der Waals surface area contributed by atoms with Gasteiger partial charge in [-0.25, -0.2) is 4.79 Å². The molecule has 3 rings (SSSR count). The summed E-state index contributed by atoms with van der Waals surface area (Å²) in [5.74, 6) is -0.908. The maximum atomic E-state index is 10.9. The maximum Gasteiger partial charge on any atom is 0.335 e. The van der Waals surface area contributed by atoms with Crippen LogP contribution >= 0.6 is 22.7 Å². The minimum atomic E-state index is -0.908. The average molecular weight is 315 g/mol. The van der Waals surface area contributed by atoms with E-state index < -0.39 is 5.97 Å². The standard InChI is InChI=1S/C16H13NO2S2/c18-16(19)11-5-7-12(8-6-11)17-15(13-3-1-9-20-13)14-4-2-10-21-14/h1-10,15,17H,(H,18,19). The third-order valence-corrected chi connectivity index (χ3v) is 4.97. The first-order valence-electron chi connectivity index (χ1n) is 6.41. The zero-order chi connectivity index (χ0) is 14.7. The van der Waals surface area contributed by atoms with Crippen LogP contribution in [-0.2, 0) is 0 Å². The SMILES string of the molecule is O=C(O)c1ccc(NC(c2cccs2)c2cccs2)cc1. The number of benzene rings is 1. The van der Waals surface area contributed by atoms with Gasteiger partial charge in [-0.3, -0.25) is 0 Å². The highest BCUT2D eigenvalue weighted by Gasteiger charge is 2.16. The van der Waals surface area contributed by atoms with Crippen LogP contribution in [0.25, 0.3) is 0 Å². The van der Waals surface area contributed by atoms with Crippen molar-refractivity contribution in [2.24, 2.45) is 0 Å². The Balaban J connectivity index is 1.87. The molecule has 0 atom stereocenters. The number of hydrogen-bond acceptors (Lipinski definition) is 4. The fraction of sp³-hybridized carbons (Fsp3) is 0.0625. The van der Waals surface area contributed by atoms with Gasteiger partial charge in [0.1, 0.15) is 0 Å². The predicted octanol–water partition coefficient (Wildman–Crippen LogP) is 4.71. The van der Waals surface area contributed by atoms with E-state index in [2.05, 4.69) is 28.2 Å². The lowest BCUT2D eigenvalue weighted by molar-refractivity contribution is 0.0697. The highest BCUT2D eigenvalue weighted by molar-refractivity contribution is 7.11. The molecular weight excluding hydrogens is 302 g/mol. The van der Waals surface area contributed by atoms with Gasteiger partial charge in [-0.05, 0) is 47.2 Å². The highest BCUT2D eigenvalue weighted by atomic mass is 32.1. The van der Waals surface area contributed by atoms with E-state index in [0.717, 1.165) is 5.69 Å². The van der Waals surface area contributed by atoms with Crippen LogP contribution in [0.5, 0.6) is 0 Å². The van der Waals surface area contributed by atoms with Crippen molar-refractivity contribution in [3.05, 3.63) is 74.6 Å². The van der Waals surface area contributed by atoms with Crippen LogP contribution in [-0.4, -0.2) is 11.1 Å². The number of aromatic carboxylic acids is 1. The topological polar surface area (TPSA) is 49.3 Å². The van der Waals surface area contributed by atoms with Crippen LogP contribution in [0.1, 0.15) is 26.2 Å². The number of carbonyl (C=O) groups is 1. The van der Waals surface area contributed by atoms with Crippen molar-refractivity contribution >= 4 is 34.3 Å². The van der Waals surface area contributed by atoms with E-state index in [1.54, 1.807) is 46.9 Å². The van der Waals surface area contributed by atoms with Crippen LogP contribution in [0.2, 0.25) is 0 Å². The molecule has 0 radical (unpaired) electrons. The van der Waals surface area contributed by atoms with Gasteiger partial charge in [0.2, 0.25) is 0 Å². The van der Waals surface area contributed by atoms with Crippen molar-refractivity contribution in [1.82, 2.24) is 0 Å². The number of hydrogen-bond donors (Lipinski definition) is 2. The Hall–Kier alpha value is -2.11. The van der Waals surface area contributed by atoms with Gasteiger partial charge in [0, 0.05) is 15.4 Å². The van der Waals surface area contributed by atoms with E-state index in [0.29, 0.717) is 5.56 Å². The second kappa shape index (κ2) is 6.11. The summed E-state index contributed by atoms with van der Waals surface area (Å²) in [6, 6.07) is 15.2. The molecule has 1 aromatic carbocycles. The Morgan fingerprint density at radius 1 is 0.952 bits per heavy atom. The second-order valence-corrected chi connectivity index (χ2v) is 6.45. The minimum absolute atomic E-state index is 0.0979. The Kier molecular flexibility index (Phi) is 4.03. The summed E-state index contributed by atoms with van der Waals surface area (Å²) >= 11 is 3.41. The van der Waals surface area contributed by atoms with Crippen LogP contribution in [0.4, 0.5) is 5.69 Å². The summed E-state index contributed by atoms with van der Waals surface area (Å²) in [7, 11) is 0. The predicted molar refractivity (Wildman–Crippen MR) is 87.5 cm³/mol. The molecule has 3 aromatic rings. The van der Waals surface area contributed by atoms with Crippen molar-refractivity contribution in [3.63, 3.8) is 0 Å². The number of carboxylic acid groups (broad SMARTS) is 1. The van der Waals surface area contributed by atoms with Gasteiger partial charge in [-0.15, -0.1) is 22.7 Å². The highest BCUT2D eigenvalue weighted by Crippen LogP contribution is 2.32. The van der Waals surface area contributed by atoms with Crippen LogP contribution in [0.15, 0.2) is 59.3 Å². The molecule has 0 saturated carbocycles. The normalized spacial score (nSPS) is 10.7. The first-order chi connectivity index (χ1) is 10.2. The average Bonchev–Trinajstić information content (AvgIpc) is 3.19. The molecule has 2 heterocycles. The van der Waals surface area contributed by atoms with Crippen molar-refractivity contribution in [2.45, 2.75) is 6.04 Å². The Morgan fingerprint density at radius 2 is 1.52 bits per heavy atom. The monoisotopic (exact) mass is 315 g/mol. The van der Waals surface area contributed by atoms with Crippen molar-refractivity contribution < 1.29 is 9.90 Å². The number of anilines is 1. The van der Waals surface area contributed by atoms with Gasteiger partial charge in [0.25, 0.3) is 0 Å². The van der Waals surface area contributed by atoms with Crippen LogP contribution in [0, 0.1) is 0 Å². The van der Waals surface area contributed by atoms with Gasteiger partial charge in [0.15, 0.2) is 0 Å². The molecule has 0 aliphatic heterocycles. The molecule has 0 aliphatic rings. The molecule has 2 N–H and O–H groups in total. The summed E-state index contributed by atoms with van der Waals surface area (Å²) in [6.45, 7) is 0. The van der Waals surface area contributed by atoms with Gasteiger partial charge in [0.05, 0.1) is 11.6 Å². The van der Waals surface area contributed by atoms with Crippen LogP contribution < -0.4 is 5.32 Å². The molecule has 106 valence electrons. The Morgan fingerprint density at radius 3 is 1.95 bits per heavy atom. The van der Waals surface area contributed by atoms with E-state index in [4.69, 9.17) is 5.11 Å². The summed E-state index contributed by atoms with van der Waals surface area (Å²) in [5.41, 5.74) is 1.20. The lowest BCUT2D eigenvalue weighted by atomic mass is 10.1. The fourth-order valence-electron chi connectivity index (χ4n) is 2.07. The molecule has 2 aromatic heterocycles. The van der Waals surface area contributed by atoms with Gasteiger partial charge >= 0.3 is 5.97 Å². The quantitative estimate of drug-likeness (QED) is 0.717. The van der Waals surface area contributed by atoms with E-state index >= 15 is 0 Å². The van der Waals surface area contributed by atoms with E-state index in [1.807, 2.05) is 12.1 Å². The molecule has 0 fully saturated rings. The molecule has 0 spiro atoms. The number of carboxylic acids is 1. The van der Waals surface area contributed by atoms with Crippen molar-refractivity contribution in [1.29, 1.82) is 0 Å². The first kappa shape index (κ1) is 13.9. The molecule has 0 unspecified atom stereocenters. The Labute approximate surface area is 130 Å². The summed E-state index contributed by atoms with van der Waals surface area (Å²) < 4.78 is 0. The van der Waals surface area contributed by atoms with Gasteiger partial charge in [-0.2, -0.15) is 0 Å². The van der Waals surface area contributed by atoms with Crippen molar-refractivity contribution in [2.75, 3.05) is 5.32 Å². The van der Waals surface area contributed by atoms with Gasteiger partial charge in [-0.1, -0.05) is 12.1 Å². The molecule has 0 saturated heterocycles. The summed E-state index contributed by atoms with van der Waals surface area (Å²) in [5, 5.41) is 16.5. The second-order valence-electron chi connectivity index (χ2n) is 4.49. The summed E-state index contributed by atoms with van der Waals surface area (Å²) in [4.78, 5) is 13.4. The molecule has 0 aliphatic carbocycles. The number of thiophene rings is 2. The molecule has 5 heteroatoms. The number of nitrogens with one attached hydrogen (secondary N) is 1. The third-order valence-electron chi connectivity index (χ3n) is 3.10. The molecule has 0 bridgehead atoms. The van der Waals surface area contributed by atoms with Crippen LogP contribution in [0.3, 0.4) is 0 Å². The van der Waals surface area contributed by atoms with E-state index in [-0.39, 0.29) is 6.04 Å². The lowest BCUT2D eigenvalue weighted by Gasteiger charge is -2.17. The molecule has 21 heavy (non-hydrogen) atoms. The van der Waals surface area contributed by atoms with E-state index in [1.165, 1.54) is 9.75 Å². The van der Waals surface area contributed by atoms with Gasteiger partial charge < -0.3 is 10.4 Å². The zero-order valence-electron chi connectivity index (χ0n) is 11.0. The maximum absolute atomic E-state index is 10.9. The largest absolute Gasteiger partial charge is 0.478 e.